The van der Waals surface area contributed by atoms with Crippen LogP contribution in [0.15, 0.2) is 59.1 Å². The summed E-state index contributed by atoms with van der Waals surface area (Å²) in [7, 11) is 0. The van der Waals surface area contributed by atoms with E-state index in [0.717, 1.165) is 0 Å². The van der Waals surface area contributed by atoms with Crippen LogP contribution >= 0.6 is 27.5 Å². The summed E-state index contributed by atoms with van der Waals surface area (Å²) in [6, 6.07) is 11.4. The van der Waals surface area contributed by atoms with Crippen LogP contribution in [0.1, 0.15) is 49.9 Å². The maximum atomic E-state index is 13.9. The summed E-state index contributed by atoms with van der Waals surface area (Å²) >= 11 is 9.53. The lowest BCUT2D eigenvalue weighted by Gasteiger charge is -2.18. The molecule has 1 heterocycles. The van der Waals surface area contributed by atoms with Gasteiger partial charge in [0.2, 0.25) is 0 Å². The fraction of sp³-hybridized carbons (Fsp3) is 0.0909. The van der Waals surface area contributed by atoms with Crippen molar-refractivity contribution < 1.29 is 22.8 Å². The summed E-state index contributed by atoms with van der Waals surface area (Å²) < 4.78 is 41.0. The molecule has 158 valence electrons. The van der Waals surface area contributed by atoms with Crippen LogP contribution in [0.25, 0.3) is 0 Å². The number of hydrogen-bond acceptors (Lipinski definition) is 2. The molecular formula is C22H13BrClF3N2O2. The van der Waals surface area contributed by atoms with Crippen molar-refractivity contribution in [2.24, 2.45) is 0 Å². The highest BCUT2D eigenvalue weighted by molar-refractivity contribution is 9.10. The molecule has 0 saturated heterocycles. The lowest BCUT2D eigenvalue weighted by Crippen LogP contribution is -2.21. The minimum absolute atomic E-state index is 0.191. The first-order valence-corrected chi connectivity index (χ1v) is 10.2. The number of carbonyl (C=O) groups excluding carboxylic acids is 2. The highest BCUT2D eigenvalue weighted by Crippen LogP contribution is 2.41. The highest BCUT2D eigenvalue weighted by atomic mass is 79.9. The van der Waals surface area contributed by atoms with Gasteiger partial charge < -0.3 is 10.6 Å². The molecule has 9 heteroatoms. The number of alkyl halides is 2. The van der Waals surface area contributed by atoms with E-state index in [4.69, 9.17) is 11.6 Å². The molecule has 3 aromatic carbocycles. The number of carbonyl (C=O) groups is 2. The van der Waals surface area contributed by atoms with Crippen LogP contribution in [-0.4, -0.2) is 11.8 Å². The Morgan fingerprint density at radius 1 is 1.13 bits per heavy atom. The molecule has 0 radical (unpaired) electrons. The summed E-state index contributed by atoms with van der Waals surface area (Å²) in [6.07, 6.45) is -2.84. The second-order valence-electron chi connectivity index (χ2n) is 6.83. The summed E-state index contributed by atoms with van der Waals surface area (Å²) in [5.41, 5.74) is 0.525. The quantitative estimate of drug-likeness (QED) is 0.436. The van der Waals surface area contributed by atoms with Crippen molar-refractivity contribution >= 4 is 45.0 Å². The van der Waals surface area contributed by atoms with Gasteiger partial charge in [-0.05, 0) is 36.4 Å². The molecule has 4 nitrogen and oxygen atoms in total. The van der Waals surface area contributed by atoms with E-state index in [2.05, 4.69) is 26.6 Å². The molecule has 0 aliphatic carbocycles. The van der Waals surface area contributed by atoms with Crippen molar-refractivity contribution in [2.75, 3.05) is 5.32 Å². The van der Waals surface area contributed by atoms with E-state index in [9.17, 15) is 22.8 Å². The number of hydrogen-bond donors (Lipinski definition) is 2. The van der Waals surface area contributed by atoms with E-state index in [1.807, 2.05) is 0 Å². The van der Waals surface area contributed by atoms with Gasteiger partial charge in [-0.3, -0.25) is 9.59 Å². The van der Waals surface area contributed by atoms with E-state index in [1.165, 1.54) is 42.5 Å². The lowest BCUT2D eigenvalue weighted by molar-refractivity contribution is 0.0959. The van der Waals surface area contributed by atoms with Gasteiger partial charge in [0, 0.05) is 43.0 Å². The molecule has 2 N–H and O–H groups in total. The molecule has 1 unspecified atom stereocenters. The Morgan fingerprint density at radius 3 is 2.61 bits per heavy atom. The molecule has 2 amide bonds. The second-order valence-corrected chi connectivity index (χ2v) is 8.15. The maximum Gasteiger partial charge on any atom is 0.264 e. The van der Waals surface area contributed by atoms with Gasteiger partial charge in [0.15, 0.2) is 0 Å². The van der Waals surface area contributed by atoms with Gasteiger partial charge >= 0.3 is 0 Å². The van der Waals surface area contributed by atoms with Crippen molar-refractivity contribution in [3.8, 4) is 0 Å². The molecule has 1 aliphatic heterocycles. The smallest absolute Gasteiger partial charge is 0.264 e. The predicted octanol–water partition coefficient (Wildman–Crippen LogP) is 6.26. The monoisotopic (exact) mass is 508 g/mol. The Bertz CT molecular complexity index is 1220. The van der Waals surface area contributed by atoms with Gasteiger partial charge in [0.1, 0.15) is 5.82 Å². The van der Waals surface area contributed by atoms with E-state index >= 15 is 0 Å². The Balaban J connectivity index is 1.81. The van der Waals surface area contributed by atoms with Crippen LogP contribution in [0.3, 0.4) is 0 Å². The minimum Gasteiger partial charge on any atom is -0.341 e. The SMILES string of the molecule is O=C(Nc1cc(Br)cc2c1C(c1cc(F)ccc1Cl)NC2=O)c1ccccc1C(F)F. The van der Waals surface area contributed by atoms with Crippen molar-refractivity contribution in [2.45, 2.75) is 12.5 Å². The molecule has 1 atom stereocenters. The molecule has 0 bridgehead atoms. The zero-order valence-corrected chi connectivity index (χ0v) is 17.9. The Kier molecular flexibility index (Phi) is 5.77. The molecule has 31 heavy (non-hydrogen) atoms. The number of halogens is 5. The molecular weight excluding hydrogens is 497 g/mol. The predicted molar refractivity (Wildman–Crippen MR) is 114 cm³/mol. The third kappa shape index (κ3) is 4.05. The average Bonchev–Trinajstić information content (AvgIpc) is 3.06. The molecule has 4 rings (SSSR count). The summed E-state index contributed by atoms with van der Waals surface area (Å²) in [4.78, 5) is 25.4. The van der Waals surface area contributed by atoms with Gasteiger partial charge in [-0.2, -0.15) is 0 Å². The number of nitrogens with one attached hydrogen (secondary N) is 2. The zero-order valence-electron chi connectivity index (χ0n) is 15.6. The van der Waals surface area contributed by atoms with Gasteiger partial charge in [-0.1, -0.05) is 45.7 Å². The van der Waals surface area contributed by atoms with Crippen LogP contribution in [0.2, 0.25) is 5.02 Å². The van der Waals surface area contributed by atoms with Crippen molar-refractivity contribution in [3.63, 3.8) is 0 Å². The van der Waals surface area contributed by atoms with Crippen LogP contribution in [-0.2, 0) is 0 Å². The van der Waals surface area contributed by atoms with E-state index in [1.54, 1.807) is 12.1 Å². The summed E-state index contributed by atoms with van der Waals surface area (Å²) in [5, 5.41) is 5.57. The van der Waals surface area contributed by atoms with Crippen LogP contribution in [0.5, 0.6) is 0 Å². The number of anilines is 1. The van der Waals surface area contributed by atoms with E-state index < -0.39 is 35.7 Å². The fourth-order valence-corrected chi connectivity index (χ4v) is 4.24. The number of fused-ring (bicyclic) bond motifs is 1. The van der Waals surface area contributed by atoms with Gasteiger partial charge in [0.25, 0.3) is 18.2 Å². The Hall–Kier alpha value is -2.84. The largest absolute Gasteiger partial charge is 0.341 e. The van der Waals surface area contributed by atoms with Gasteiger partial charge in [-0.25, -0.2) is 13.2 Å². The molecule has 0 aromatic heterocycles. The minimum atomic E-state index is -2.84. The van der Waals surface area contributed by atoms with Crippen LogP contribution < -0.4 is 10.6 Å². The summed E-state index contributed by atoms with van der Waals surface area (Å²) in [5.74, 6) is -1.75. The molecule has 3 aromatic rings. The van der Waals surface area contributed by atoms with E-state index in [0.29, 0.717) is 15.6 Å². The fourth-order valence-electron chi connectivity index (χ4n) is 3.55. The summed E-state index contributed by atoms with van der Waals surface area (Å²) in [6.45, 7) is 0. The van der Waals surface area contributed by atoms with Crippen molar-refractivity contribution in [3.05, 3.63) is 97.7 Å². The van der Waals surface area contributed by atoms with Crippen LogP contribution in [0.4, 0.5) is 18.9 Å². The first-order chi connectivity index (χ1) is 14.8. The molecule has 0 spiro atoms. The number of rotatable bonds is 4. The van der Waals surface area contributed by atoms with E-state index in [-0.39, 0.29) is 21.8 Å². The van der Waals surface area contributed by atoms with Gasteiger partial charge in [-0.15, -0.1) is 0 Å². The topological polar surface area (TPSA) is 58.2 Å². The zero-order chi connectivity index (χ0) is 22.3. The number of amides is 2. The highest BCUT2D eigenvalue weighted by Gasteiger charge is 2.35. The van der Waals surface area contributed by atoms with Gasteiger partial charge in [0.05, 0.1) is 6.04 Å². The maximum absolute atomic E-state index is 13.9. The molecule has 1 aliphatic rings. The first kappa shape index (κ1) is 21.4. The van der Waals surface area contributed by atoms with Crippen LogP contribution in [0, 0.1) is 5.82 Å². The standard InChI is InChI=1S/C22H13BrClF3N2O2/c23-10-7-15-18(19(29-22(15)31)14-9-11(25)5-6-16(14)24)17(8-10)28-21(30)13-4-2-1-3-12(13)20(26)27/h1-9,19-20H,(H,28,30)(H,29,31). The molecule has 0 fully saturated rings. The average molecular weight is 510 g/mol. The number of benzene rings is 3. The molecule has 0 saturated carbocycles. The lowest BCUT2D eigenvalue weighted by atomic mass is 9.96. The van der Waals surface area contributed by atoms with Crippen molar-refractivity contribution in [1.82, 2.24) is 5.32 Å². The Labute approximate surface area is 188 Å². The third-order valence-electron chi connectivity index (χ3n) is 4.91. The third-order valence-corrected chi connectivity index (χ3v) is 5.71. The van der Waals surface area contributed by atoms with Crippen molar-refractivity contribution in [1.29, 1.82) is 0 Å². The first-order valence-electron chi connectivity index (χ1n) is 9.04. The Morgan fingerprint density at radius 2 is 1.87 bits per heavy atom. The second kappa shape index (κ2) is 8.36. The normalized spacial score (nSPS) is 15.0.